The third kappa shape index (κ3) is 5.19. The second-order valence-corrected chi connectivity index (χ2v) is 5.50. The number of benzene rings is 1. The van der Waals surface area contributed by atoms with E-state index >= 15 is 0 Å². The van der Waals surface area contributed by atoms with Crippen LogP contribution in [-0.2, 0) is 0 Å². The molecule has 0 saturated heterocycles. The van der Waals surface area contributed by atoms with Gasteiger partial charge in [0.25, 0.3) is 0 Å². The van der Waals surface area contributed by atoms with E-state index in [1.807, 2.05) is 23.9 Å². The van der Waals surface area contributed by atoms with Gasteiger partial charge in [0.15, 0.2) is 0 Å². The molecule has 3 heteroatoms. The zero-order valence-electron chi connectivity index (χ0n) is 8.95. The molecule has 0 heterocycles. The molecular formula is C12H17ClS2. The number of halogens is 1. The third-order valence-corrected chi connectivity index (χ3v) is 4.27. The zero-order valence-corrected chi connectivity index (χ0v) is 11.4. The van der Waals surface area contributed by atoms with Crippen molar-refractivity contribution in [1.82, 2.24) is 0 Å². The van der Waals surface area contributed by atoms with Gasteiger partial charge in [-0.15, -0.1) is 11.8 Å². The highest BCUT2D eigenvalue weighted by Gasteiger charge is 2.06. The Morgan fingerprint density at radius 3 is 2.53 bits per heavy atom. The summed E-state index contributed by atoms with van der Waals surface area (Å²) in [5.74, 6) is 2.85. The summed E-state index contributed by atoms with van der Waals surface area (Å²) in [7, 11) is 0. The van der Waals surface area contributed by atoms with Crippen LogP contribution in [0.25, 0.3) is 0 Å². The molecule has 0 aliphatic heterocycles. The second kappa shape index (κ2) is 7.48. The maximum atomic E-state index is 5.83. The van der Waals surface area contributed by atoms with Crippen LogP contribution in [-0.4, -0.2) is 11.5 Å². The monoisotopic (exact) mass is 260 g/mol. The van der Waals surface area contributed by atoms with Gasteiger partial charge in [-0.05, 0) is 42.4 Å². The number of thioether (sulfide) groups is 1. The van der Waals surface area contributed by atoms with Gasteiger partial charge < -0.3 is 0 Å². The van der Waals surface area contributed by atoms with Crippen LogP contribution in [0.3, 0.4) is 0 Å². The first kappa shape index (κ1) is 13.3. The Kier molecular flexibility index (Phi) is 6.62. The normalized spacial score (nSPS) is 12.7. The fourth-order valence-electron chi connectivity index (χ4n) is 1.38. The largest absolute Gasteiger partial charge is 0.179 e. The van der Waals surface area contributed by atoms with Crippen molar-refractivity contribution >= 4 is 36.0 Å². The smallest absolute Gasteiger partial charge is 0.0406 e. The van der Waals surface area contributed by atoms with Crippen LogP contribution in [0.2, 0.25) is 5.02 Å². The molecule has 0 aliphatic rings. The molecular weight excluding hydrogens is 244 g/mol. The van der Waals surface area contributed by atoms with Crippen LogP contribution in [0.15, 0.2) is 29.2 Å². The Bertz CT molecular complexity index is 271. The lowest BCUT2D eigenvalue weighted by Gasteiger charge is -2.12. The van der Waals surface area contributed by atoms with Crippen molar-refractivity contribution < 1.29 is 0 Å². The molecule has 0 N–H and O–H groups in total. The molecule has 0 saturated carbocycles. The molecule has 0 aliphatic carbocycles. The first-order valence-electron chi connectivity index (χ1n) is 5.25. The highest BCUT2D eigenvalue weighted by molar-refractivity contribution is 7.99. The minimum Gasteiger partial charge on any atom is -0.179 e. The Hall–Kier alpha value is 0.210. The van der Waals surface area contributed by atoms with Gasteiger partial charge in [-0.25, -0.2) is 0 Å². The molecule has 0 radical (unpaired) electrons. The Labute approximate surface area is 107 Å². The van der Waals surface area contributed by atoms with Crippen LogP contribution in [0.4, 0.5) is 0 Å². The number of hydrogen-bond donors (Lipinski definition) is 1. The first-order valence-corrected chi connectivity index (χ1v) is 7.25. The molecule has 1 aromatic rings. The van der Waals surface area contributed by atoms with Crippen LogP contribution >= 0.6 is 36.0 Å². The van der Waals surface area contributed by atoms with E-state index < -0.39 is 0 Å². The molecule has 0 bridgehead atoms. The maximum Gasteiger partial charge on any atom is 0.0406 e. The van der Waals surface area contributed by atoms with Crippen molar-refractivity contribution in [3.05, 3.63) is 29.3 Å². The molecule has 1 rings (SSSR count). The Morgan fingerprint density at radius 2 is 2.00 bits per heavy atom. The number of hydrogen-bond acceptors (Lipinski definition) is 2. The fraction of sp³-hybridized carbons (Fsp3) is 0.500. The second-order valence-electron chi connectivity index (χ2n) is 3.60. The minimum atomic E-state index is 0.721. The quantitative estimate of drug-likeness (QED) is 0.567. The van der Waals surface area contributed by atoms with Crippen LogP contribution < -0.4 is 0 Å². The molecule has 0 amide bonds. The van der Waals surface area contributed by atoms with Crippen molar-refractivity contribution in [2.24, 2.45) is 5.92 Å². The van der Waals surface area contributed by atoms with Crippen molar-refractivity contribution in [1.29, 1.82) is 0 Å². The zero-order chi connectivity index (χ0) is 11.1. The highest BCUT2D eigenvalue weighted by atomic mass is 35.5. The molecule has 84 valence electrons. The van der Waals surface area contributed by atoms with Gasteiger partial charge in [-0.3, -0.25) is 0 Å². The lowest BCUT2D eigenvalue weighted by molar-refractivity contribution is 0.595. The van der Waals surface area contributed by atoms with Gasteiger partial charge in [0.2, 0.25) is 0 Å². The molecule has 15 heavy (non-hydrogen) atoms. The number of rotatable bonds is 6. The van der Waals surface area contributed by atoms with Gasteiger partial charge in [-0.1, -0.05) is 24.9 Å². The van der Waals surface area contributed by atoms with E-state index in [9.17, 15) is 0 Å². The van der Waals surface area contributed by atoms with Gasteiger partial charge in [0.05, 0.1) is 0 Å². The lowest BCUT2D eigenvalue weighted by atomic mass is 10.1. The summed E-state index contributed by atoms with van der Waals surface area (Å²) in [4.78, 5) is 1.29. The highest BCUT2D eigenvalue weighted by Crippen LogP contribution is 2.24. The summed E-state index contributed by atoms with van der Waals surface area (Å²) >= 11 is 12.1. The van der Waals surface area contributed by atoms with Gasteiger partial charge in [0.1, 0.15) is 0 Å². The maximum absolute atomic E-state index is 5.83. The summed E-state index contributed by atoms with van der Waals surface area (Å²) in [5, 5.41) is 0.804. The topological polar surface area (TPSA) is 0 Å². The average molecular weight is 261 g/mol. The minimum absolute atomic E-state index is 0.721. The van der Waals surface area contributed by atoms with Gasteiger partial charge in [-0.2, -0.15) is 12.6 Å². The van der Waals surface area contributed by atoms with E-state index in [1.54, 1.807) is 0 Å². The summed E-state index contributed by atoms with van der Waals surface area (Å²) in [6.07, 6.45) is 2.51. The SMILES string of the molecule is CCCC(CS)CSc1ccc(Cl)cc1. The van der Waals surface area contributed by atoms with Gasteiger partial charge in [0, 0.05) is 15.7 Å². The lowest BCUT2D eigenvalue weighted by Crippen LogP contribution is -2.04. The fourth-order valence-corrected chi connectivity index (χ4v) is 3.03. The van der Waals surface area contributed by atoms with E-state index in [2.05, 4.69) is 31.7 Å². The predicted molar refractivity (Wildman–Crippen MR) is 74.4 cm³/mol. The standard InChI is InChI=1S/C12H17ClS2/c1-2-3-10(8-14)9-15-12-6-4-11(13)5-7-12/h4-7,10,14H,2-3,8-9H2,1H3. The first-order chi connectivity index (χ1) is 7.26. The van der Waals surface area contributed by atoms with E-state index in [0.29, 0.717) is 0 Å². The molecule has 0 fully saturated rings. The van der Waals surface area contributed by atoms with Gasteiger partial charge >= 0.3 is 0 Å². The summed E-state index contributed by atoms with van der Waals surface area (Å²) in [6, 6.07) is 8.04. The van der Waals surface area contributed by atoms with Crippen molar-refractivity contribution in [2.75, 3.05) is 11.5 Å². The summed E-state index contributed by atoms with van der Waals surface area (Å²) in [6.45, 7) is 2.23. The summed E-state index contributed by atoms with van der Waals surface area (Å²) in [5.41, 5.74) is 0. The van der Waals surface area contributed by atoms with Crippen molar-refractivity contribution in [3.8, 4) is 0 Å². The van der Waals surface area contributed by atoms with Crippen molar-refractivity contribution in [3.63, 3.8) is 0 Å². The molecule has 0 spiro atoms. The molecule has 1 atom stereocenters. The molecule has 0 aromatic heterocycles. The van der Waals surface area contributed by atoms with E-state index in [1.165, 1.54) is 17.7 Å². The van der Waals surface area contributed by atoms with Crippen LogP contribution in [0.5, 0.6) is 0 Å². The molecule has 1 unspecified atom stereocenters. The Morgan fingerprint density at radius 1 is 1.33 bits per heavy atom. The third-order valence-electron chi connectivity index (χ3n) is 2.25. The predicted octanol–water partition coefficient (Wildman–Crippen LogP) is 4.78. The molecule has 1 aromatic carbocycles. The summed E-state index contributed by atoms with van der Waals surface area (Å²) < 4.78 is 0. The average Bonchev–Trinajstić information content (AvgIpc) is 2.26. The Balaban J connectivity index is 2.38. The van der Waals surface area contributed by atoms with E-state index in [-0.39, 0.29) is 0 Å². The van der Waals surface area contributed by atoms with Crippen LogP contribution in [0.1, 0.15) is 19.8 Å². The van der Waals surface area contributed by atoms with E-state index in [4.69, 9.17) is 11.6 Å². The number of thiol groups is 1. The van der Waals surface area contributed by atoms with Crippen molar-refractivity contribution in [2.45, 2.75) is 24.7 Å². The molecule has 0 nitrogen and oxygen atoms in total. The van der Waals surface area contributed by atoms with E-state index in [0.717, 1.165) is 22.4 Å². The van der Waals surface area contributed by atoms with Crippen LogP contribution in [0, 0.1) is 5.92 Å².